The van der Waals surface area contributed by atoms with E-state index < -0.39 is 0 Å². The number of benzene rings is 1. The molecule has 0 saturated carbocycles. The number of anilines is 1. The van der Waals surface area contributed by atoms with Gasteiger partial charge in [0.15, 0.2) is 0 Å². The summed E-state index contributed by atoms with van der Waals surface area (Å²) in [6, 6.07) is 5.97. The number of nitrogens with zero attached hydrogens (tertiary/aromatic N) is 1. The summed E-state index contributed by atoms with van der Waals surface area (Å²) in [7, 11) is 0. The van der Waals surface area contributed by atoms with E-state index in [1.54, 1.807) is 0 Å². The lowest BCUT2D eigenvalue weighted by Crippen LogP contribution is -2.35. The fraction of sp³-hybridized carbons (Fsp3) is 0.562. The molecule has 1 N–H and O–H groups in total. The van der Waals surface area contributed by atoms with Crippen LogP contribution in [0.1, 0.15) is 31.7 Å². The summed E-state index contributed by atoms with van der Waals surface area (Å²) in [5.41, 5.74) is 2.03. The minimum Gasteiger partial charge on any atom is -0.325 e. The minimum atomic E-state index is 0.0909. The molecule has 0 bridgehead atoms. The summed E-state index contributed by atoms with van der Waals surface area (Å²) in [5.74, 6) is 0.928. The highest BCUT2D eigenvalue weighted by Gasteiger charge is 2.16. The molecule has 1 fully saturated rings. The van der Waals surface area contributed by atoms with Crippen LogP contribution in [0.25, 0.3) is 0 Å². The first-order valence-corrected chi connectivity index (χ1v) is 8.12. The van der Waals surface area contributed by atoms with Gasteiger partial charge in [0, 0.05) is 17.4 Å². The Morgan fingerprint density at radius 3 is 2.75 bits per heavy atom. The number of hydrogen-bond donors (Lipinski definition) is 1. The van der Waals surface area contributed by atoms with E-state index in [1.807, 2.05) is 25.1 Å². The lowest BCUT2D eigenvalue weighted by molar-refractivity contribution is -0.116. The molecular formula is C16H23BrN2O. The zero-order chi connectivity index (χ0) is 14.5. The van der Waals surface area contributed by atoms with Gasteiger partial charge in [-0.15, -0.1) is 0 Å². The van der Waals surface area contributed by atoms with Crippen LogP contribution in [0, 0.1) is 12.8 Å². The second-order valence-corrected chi connectivity index (χ2v) is 6.66. The van der Waals surface area contributed by atoms with E-state index in [0.29, 0.717) is 6.42 Å². The smallest absolute Gasteiger partial charge is 0.225 e. The lowest BCUT2D eigenvalue weighted by atomic mass is 9.99. The van der Waals surface area contributed by atoms with Gasteiger partial charge in [0.1, 0.15) is 0 Å². The number of nitrogens with one attached hydrogen (secondary N) is 1. The first-order chi connectivity index (χ1) is 9.54. The van der Waals surface area contributed by atoms with Crippen molar-refractivity contribution >= 4 is 27.5 Å². The van der Waals surface area contributed by atoms with Crippen molar-refractivity contribution < 1.29 is 4.79 Å². The zero-order valence-electron chi connectivity index (χ0n) is 12.3. The molecule has 3 nitrogen and oxygen atoms in total. The molecule has 20 heavy (non-hydrogen) atoms. The Hall–Kier alpha value is -0.870. The maximum absolute atomic E-state index is 12.0. The van der Waals surface area contributed by atoms with E-state index in [9.17, 15) is 4.79 Å². The summed E-state index contributed by atoms with van der Waals surface area (Å²) in [6.07, 6.45) is 3.07. The number of piperidine rings is 1. The summed E-state index contributed by atoms with van der Waals surface area (Å²) < 4.78 is 0.942. The largest absolute Gasteiger partial charge is 0.325 e. The predicted octanol–water partition coefficient (Wildman–Crippen LogP) is 3.82. The Kier molecular flexibility index (Phi) is 5.61. The van der Waals surface area contributed by atoms with Crippen molar-refractivity contribution in [3.05, 3.63) is 28.2 Å². The van der Waals surface area contributed by atoms with Crippen LogP contribution in [-0.2, 0) is 4.79 Å². The molecule has 0 unspecified atom stereocenters. The van der Waals surface area contributed by atoms with Gasteiger partial charge in [0.25, 0.3) is 0 Å². The van der Waals surface area contributed by atoms with Crippen LogP contribution in [0.15, 0.2) is 22.7 Å². The van der Waals surface area contributed by atoms with Crippen LogP contribution in [0.2, 0.25) is 0 Å². The van der Waals surface area contributed by atoms with Crippen molar-refractivity contribution in [2.45, 2.75) is 33.1 Å². The quantitative estimate of drug-likeness (QED) is 0.905. The number of carbonyl (C=O) groups is 1. The lowest BCUT2D eigenvalue weighted by Gasteiger charge is -2.29. The van der Waals surface area contributed by atoms with Gasteiger partial charge in [-0.1, -0.05) is 13.0 Å². The van der Waals surface area contributed by atoms with Crippen LogP contribution >= 0.6 is 15.9 Å². The van der Waals surface area contributed by atoms with Gasteiger partial charge >= 0.3 is 0 Å². The first-order valence-electron chi connectivity index (χ1n) is 7.33. The molecule has 0 spiro atoms. The van der Waals surface area contributed by atoms with Crippen LogP contribution in [0.4, 0.5) is 5.69 Å². The molecule has 110 valence electrons. The van der Waals surface area contributed by atoms with Crippen LogP contribution < -0.4 is 5.32 Å². The van der Waals surface area contributed by atoms with Gasteiger partial charge in [-0.3, -0.25) is 4.79 Å². The Morgan fingerprint density at radius 1 is 1.40 bits per heavy atom. The molecule has 4 heteroatoms. The highest BCUT2D eigenvalue weighted by atomic mass is 79.9. The SMILES string of the molecule is Cc1ccc(NC(=O)CCN2CCC(C)CC2)c(Br)c1. The van der Waals surface area contributed by atoms with Gasteiger partial charge in [0.05, 0.1) is 5.69 Å². The molecule has 2 rings (SSSR count). The molecule has 0 aliphatic carbocycles. The van der Waals surface area contributed by atoms with E-state index in [0.717, 1.165) is 35.7 Å². The maximum atomic E-state index is 12.0. The highest BCUT2D eigenvalue weighted by molar-refractivity contribution is 9.10. The number of likely N-dealkylation sites (tertiary alicyclic amines) is 1. The maximum Gasteiger partial charge on any atom is 0.225 e. The second kappa shape index (κ2) is 7.23. The number of hydrogen-bond acceptors (Lipinski definition) is 2. The Labute approximate surface area is 129 Å². The standard InChI is InChI=1S/C16H23BrN2O/c1-12-5-8-19(9-6-12)10-7-16(20)18-15-4-3-13(2)11-14(15)17/h3-4,11-12H,5-10H2,1-2H3,(H,18,20). The average Bonchev–Trinajstić information content (AvgIpc) is 2.41. The predicted molar refractivity (Wildman–Crippen MR) is 87.0 cm³/mol. The molecule has 1 aromatic rings. The molecule has 1 saturated heterocycles. The van der Waals surface area contributed by atoms with Gasteiger partial charge < -0.3 is 10.2 Å². The number of rotatable bonds is 4. The van der Waals surface area contributed by atoms with Crippen LogP contribution in [0.3, 0.4) is 0 Å². The fourth-order valence-electron chi connectivity index (χ4n) is 2.48. The topological polar surface area (TPSA) is 32.3 Å². The van der Waals surface area contributed by atoms with E-state index in [1.165, 1.54) is 18.4 Å². The number of halogens is 1. The van der Waals surface area contributed by atoms with Gasteiger partial charge in [-0.05, 0) is 72.4 Å². The summed E-state index contributed by atoms with van der Waals surface area (Å²) in [4.78, 5) is 14.4. The van der Waals surface area contributed by atoms with E-state index >= 15 is 0 Å². The van der Waals surface area contributed by atoms with Crippen molar-refractivity contribution in [2.24, 2.45) is 5.92 Å². The summed E-state index contributed by atoms with van der Waals surface area (Å²) >= 11 is 3.48. The second-order valence-electron chi connectivity index (χ2n) is 5.81. The van der Waals surface area contributed by atoms with Gasteiger partial charge in [-0.25, -0.2) is 0 Å². The molecule has 0 radical (unpaired) electrons. The third kappa shape index (κ3) is 4.60. The van der Waals surface area contributed by atoms with Crippen LogP contribution in [0.5, 0.6) is 0 Å². The molecule has 1 aliphatic rings. The Bertz CT molecular complexity index is 468. The summed E-state index contributed by atoms with van der Waals surface area (Å²) in [6.45, 7) is 7.46. The highest BCUT2D eigenvalue weighted by Crippen LogP contribution is 2.23. The minimum absolute atomic E-state index is 0.0909. The Balaban J connectivity index is 1.78. The molecule has 1 heterocycles. The van der Waals surface area contributed by atoms with E-state index in [2.05, 4.69) is 33.1 Å². The normalized spacial score (nSPS) is 17.1. The molecule has 0 aromatic heterocycles. The van der Waals surface area contributed by atoms with Crippen molar-refractivity contribution in [1.82, 2.24) is 4.90 Å². The van der Waals surface area contributed by atoms with Crippen LogP contribution in [-0.4, -0.2) is 30.4 Å². The number of amides is 1. The molecule has 1 aromatic carbocycles. The third-order valence-electron chi connectivity index (χ3n) is 3.93. The molecule has 1 aliphatic heterocycles. The monoisotopic (exact) mass is 338 g/mol. The zero-order valence-corrected chi connectivity index (χ0v) is 13.9. The van der Waals surface area contributed by atoms with Crippen molar-refractivity contribution in [2.75, 3.05) is 25.0 Å². The third-order valence-corrected chi connectivity index (χ3v) is 4.59. The molecule has 0 atom stereocenters. The van der Waals surface area contributed by atoms with Crippen molar-refractivity contribution in [3.8, 4) is 0 Å². The van der Waals surface area contributed by atoms with E-state index in [-0.39, 0.29) is 5.91 Å². The number of aryl methyl sites for hydroxylation is 1. The Morgan fingerprint density at radius 2 is 2.10 bits per heavy atom. The van der Waals surface area contributed by atoms with Gasteiger partial charge in [-0.2, -0.15) is 0 Å². The summed E-state index contributed by atoms with van der Waals surface area (Å²) in [5, 5.41) is 2.97. The number of carbonyl (C=O) groups excluding carboxylic acids is 1. The van der Waals surface area contributed by atoms with Crippen molar-refractivity contribution in [1.29, 1.82) is 0 Å². The van der Waals surface area contributed by atoms with Crippen molar-refractivity contribution in [3.63, 3.8) is 0 Å². The average molecular weight is 339 g/mol. The first kappa shape index (κ1) is 15.5. The molecular weight excluding hydrogens is 316 g/mol. The molecule has 1 amide bonds. The van der Waals surface area contributed by atoms with E-state index in [4.69, 9.17) is 0 Å². The van der Waals surface area contributed by atoms with Gasteiger partial charge in [0.2, 0.25) is 5.91 Å². The fourth-order valence-corrected chi connectivity index (χ4v) is 3.07.